The highest BCUT2D eigenvalue weighted by atomic mass is 35.5. The van der Waals surface area contributed by atoms with Crippen molar-refractivity contribution in [3.05, 3.63) is 70.2 Å². The van der Waals surface area contributed by atoms with Gasteiger partial charge in [-0.1, -0.05) is 35.4 Å². The van der Waals surface area contributed by atoms with Crippen molar-refractivity contribution >= 4 is 34.1 Å². The number of fused-ring (bicyclic) bond motifs is 3. The molecule has 158 valence electrons. The van der Waals surface area contributed by atoms with Crippen LogP contribution in [0.1, 0.15) is 34.3 Å². The number of hydrogen-bond acceptors (Lipinski definition) is 5. The molecule has 0 saturated carbocycles. The van der Waals surface area contributed by atoms with Crippen LogP contribution in [-0.2, 0) is 11.3 Å². The fourth-order valence-electron chi connectivity index (χ4n) is 4.16. The van der Waals surface area contributed by atoms with Gasteiger partial charge >= 0.3 is 0 Å². The number of rotatable bonds is 5. The third-order valence-corrected chi connectivity index (χ3v) is 6.03. The predicted molar refractivity (Wildman–Crippen MR) is 118 cm³/mol. The van der Waals surface area contributed by atoms with Crippen LogP contribution in [0.2, 0.25) is 5.02 Å². The molecule has 0 aliphatic carbocycles. The monoisotopic (exact) mass is 435 g/mol. The lowest BCUT2D eigenvalue weighted by Gasteiger charge is -2.26. The summed E-state index contributed by atoms with van der Waals surface area (Å²) < 4.78 is 7.55. The third-order valence-electron chi connectivity index (χ3n) is 5.70. The van der Waals surface area contributed by atoms with E-state index in [1.165, 1.54) is 0 Å². The molecule has 1 aliphatic heterocycles. The van der Waals surface area contributed by atoms with Crippen LogP contribution >= 0.6 is 11.6 Å². The zero-order chi connectivity index (χ0) is 21.4. The van der Waals surface area contributed by atoms with E-state index >= 15 is 0 Å². The Bertz CT molecular complexity index is 1270. The molecule has 0 radical (unpaired) electrons. The minimum absolute atomic E-state index is 0.0150. The van der Waals surface area contributed by atoms with E-state index in [1.807, 2.05) is 31.2 Å². The number of ether oxygens (including phenoxy) is 1. The van der Waals surface area contributed by atoms with Crippen LogP contribution in [0, 0.1) is 6.92 Å². The largest absolute Gasteiger partial charge is 0.376 e. The summed E-state index contributed by atoms with van der Waals surface area (Å²) in [5, 5.41) is 13.7. The summed E-state index contributed by atoms with van der Waals surface area (Å²) in [7, 11) is 0. The lowest BCUT2D eigenvalue weighted by molar-refractivity contribution is 0.0508. The standard InChI is InChI=1S/C23H22ClN5O2/c1-15-8-9-21-16(11-15)12-17(22-25-26-27-29(21)22)13-28(14-18-5-4-10-31-18)23(30)19-6-2-3-7-20(19)24/h2-3,6-9,11-12,18H,4-5,10,13-14H2,1H3/t18-/m1/s1. The van der Waals surface area contributed by atoms with Gasteiger partial charge in [-0.2, -0.15) is 4.52 Å². The van der Waals surface area contributed by atoms with Crippen LogP contribution in [0.5, 0.6) is 0 Å². The summed E-state index contributed by atoms with van der Waals surface area (Å²) in [5.41, 5.74) is 4.07. The molecule has 8 heteroatoms. The van der Waals surface area contributed by atoms with E-state index in [-0.39, 0.29) is 12.0 Å². The van der Waals surface area contributed by atoms with Gasteiger partial charge in [0, 0.05) is 30.6 Å². The Morgan fingerprint density at radius 2 is 2.13 bits per heavy atom. The fraction of sp³-hybridized carbons (Fsp3) is 0.304. The van der Waals surface area contributed by atoms with E-state index in [0.717, 1.165) is 41.5 Å². The van der Waals surface area contributed by atoms with E-state index < -0.39 is 0 Å². The molecule has 5 rings (SSSR count). The molecule has 3 heterocycles. The predicted octanol–water partition coefficient (Wildman–Crippen LogP) is 4.06. The molecule has 0 N–H and O–H groups in total. The van der Waals surface area contributed by atoms with Crippen molar-refractivity contribution in [2.45, 2.75) is 32.4 Å². The Balaban J connectivity index is 1.56. The first-order chi connectivity index (χ1) is 15.1. The second-order valence-corrected chi connectivity index (χ2v) is 8.35. The number of hydrogen-bond donors (Lipinski definition) is 0. The Kier molecular flexibility index (Phi) is 5.29. The zero-order valence-corrected chi connectivity index (χ0v) is 17.9. The van der Waals surface area contributed by atoms with Gasteiger partial charge in [-0.15, -0.1) is 5.10 Å². The first-order valence-electron chi connectivity index (χ1n) is 10.4. The molecule has 2 aromatic heterocycles. The number of tetrazole rings is 1. The lowest BCUT2D eigenvalue weighted by atomic mass is 10.1. The second kappa shape index (κ2) is 8.24. The van der Waals surface area contributed by atoms with Gasteiger partial charge in [-0.25, -0.2) is 0 Å². The van der Waals surface area contributed by atoms with E-state index in [0.29, 0.717) is 29.3 Å². The Labute approximate surface area is 184 Å². The fourth-order valence-corrected chi connectivity index (χ4v) is 4.38. The third kappa shape index (κ3) is 3.86. The van der Waals surface area contributed by atoms with Crippen LogP contribution in [0.3, 0.4) is 0 Å². The maximum Gasteiger partial charge on any atom is 0.255 e. The first-order valence-corrected chi connectivity index (χ1v) is 10.7. The Morgan fingerprint density at radius 1 is 1.26 bits per heavy atom. The average Bonchev–Trinajstić information content (AvgIpc) is 3.45. The molecule has 1 amide bonds. The molecule has 1 fully saturated rings. The van der Waals surface area contributed by atoms with Gasteiger partial charge in [0.1, 0.15) is 0 Å². The summed E-state index contributed by atoms with van der Waals surface area (Å²) in [6.45, 7) is 3.63. The van der Waals surface area contributed by atoms with Crippen LogP contribution in [0.25, 0.3) is 16.6 Å². The number of aryl methyl sites for hydroxylation is 1. The molecule has 0 unspecified atom stereocenters. The van der Waals surface area contributed by atoms with Crippen molar-refractivity contribution in [2.75, 3.05) is 13.2 Å². The second-order valence-electron chi connectivity index (χ2n) is 7.95. The van der Waals surface area contributed by atoms with Crippen molar-refractivity contribution in [2.24, 2.45) is 0 Å². The number of amides is 1. The van der Waals surface area contributed by atoms with Crippen LogP contribution in [0.4, 0.5) is 0 Å². The van der Waals surface area contributed by atoms with Crippen LogP contribution in [-0.4, -0.2) is 50.1 Å². The van der Waals surface area contributed by atoms with E-state index in [9.17, 15) is 4.79 Å². The number of halogens is 1. The first kappa shape index (κ1) is 19.9. The van der Waals surface area contributed by atoms with Gasteiger partial charge in [0.15, 0.2) is 5.65 Å². The Hall–Kier alpha value is -3.03. The molecular formula is C23H22ClN5O2. The topological polar surface area (TPSA) is 72.6 Å². The number of carbonyl (C=O) groups is 1. The molecule has 0 bridgehead atoms. The van der Waals surface area contributed by atoms with Crippen molar-refractivity contribution in [3.8, 4) is 0 Å². The molecule has 1 aliphatic rings. The van der Waals surface area contributed by atoms with Gasteiger partial charge in [-0.3, -0.25) is 4.79 Å². The van der Waals surface area contributed by atoms with Gasteiger partial charge in [0.25, 0.3) is 5.91 Å². The smallest absolute Gasteiger partial charge is 0.255 e. The van der Waals surface area contributed by atoms with Gasteiger partial charge < -0.3 is 9.64 Å². The van der Waals surface area contributed by atoms with Gasteiger partial charge in [0.2, 0.25) is 0 Å². The van der Waals surface area contributed by atoms with Crippen molar-refractivity contribution in [1.29, 1.82) is 0 Å². The summed E-state index contributed by atoms with van der Waals surface area (Å²) >= 11 is 6.34. The highest BCUT2D eigenvalue weighted by Gasteiger charge is 2.26. The van der Waals surface area contributed by atoms with Crippen molar-refractivity contribution < 1.29 is 9.53 Å². The molecule has 1 atom stereocenters. The molecular weight excluding hydrogens is 414 g/mol. The van der Waals surface area contributed by atoms with E-state index in [2.05, 4.69) is 27.7 Å². The van der Waals surface area contributed by atoms with Gasteiger partial charge in [-0.05, 0) is 60.5 Å². The maximum absolute atomic E-state index is 13.5. The minimum atomic E-state index is -0.129. The number of aromatic nitrogens is 4. The summed E-state index contributed by atoms with van der Waals surface area (Å²) in [4.78, 5) is 15.3. The SMILES string of the molecule is Cc1ccc2c(c1)cc(CN(C[C@H]1CCCO1)C(=O)c1ccccc1Cl)c1nnnn12. The molecule has 4 aromatic rings. The van der Waals surface area contributed by atoms with Crippen molar-refractivity contribution in [3.63, 3.8) is 0 Å². The molecule has 7 nitrogen and oxygen atoms in total. The number of pyridine rings is 1. The summed E-state index contributed by atoms with van der Waals surface area (Å²) in [6.07, 6.45) is 1.96. The molecule has 31 heavy (non-hydrogen) atoms. The lowest BCUT2D eigenvalue weighted by Crippen LogP contribution is -2.37. The minimum Gasteiger partial charge on any atom is -0.376 e. The number of nitrogens with zero attached hydrogens (tertiary/aromatic N) is 5. The molecule has 0 spiro atoms. The maximum atomic E-state index is 13.5. The quantitative estimate of drug-likeness (QED) is 0.472. The van der Waals surface area contributed by atoms with E-state index in [4.69, 9.17) is 16.3 Å². The average molecular weight is 436 g/mol. The summed E-state index contributed by atoms with van der Waals surface area (Å²) in [5.74, 6) is -0.129. The zero-order valence-electron chi connectivity index (χ0n) is 17.2. The normalized spacial score (nSPS) is 16.3. The van der Waals surface area contributed by atoms with Crippen LogP contribution < -0.4 is 0 Å². The molecule has 2 aromatic carbocycles. The summed E-state index contributed by atoms with van der Waals surface area (Å²) in [6, 6.07) is 15.3. The Morgan fingerprint density at radius 3 is 2.94 bits per heavy atom. The van der Waals surface area contributed by atoms with E-state index in [1.54, 1.807) is 21.5 Å². The molecule has 1 saturated heterocycles. The van der Waals surface area contributed by atoms with Crippen molar-refractivity contribution in [1.82, 2.24) is 24.9 Å². The number of benzene rings is 2. The highest BCUT2D eigenvalue weighted by molar-refractivity contribution is 6.33. The highest BCUT2D eigenvalue weighted by Crippen LogP contribution is 2.25. The number of carbonyl (C=O) groups excluding carboxylic acids is 1. The van der Waals surface area contributed by atoms with Crippen LogP contribution in [0.15, 0.2) is 48.5 Å². The van der Waals surface area contributed by atoms with Gasteiger partial charge in [0.05, 0.1) is 22.2 Å².